The first-order chi connectivity index (χ1) is 6.14. The molecule has 4 nitrogen and oxygen atoms in total. The second-order valence-electron chi connectivity index (χ2n) is 3.00. The van der Waals surface area contributed by atoms with Crippen molar-refractivity contribution in [3.8, 4) is 0 Å². The van der Waals surface area contributed by atoms with Gasteiger partial charge in [0, 0.05) is 33.4 Å². The Labute approximate surface area is 81.7 Å². The standard InChI is InChI=1S/C8H21NO3Si/c1-5-8(9)6-7-13(10-2,11-3)12-4/h8H,5-7,9H2,1-4H3. The van der Waals surface area contributed by atoms with E-state index < -0.39 is 8.80 Å². The Hall–Kier alpha value is 0.0569. The maximum absolute atomic E-state index is 5.80. The van der Waals surface area contributed by atoms with Crippen LogP contribution in [-0.4, -0.2) is 36.2 Å². The van der Waals surface area contributed by atoms with Gasteiger partial charge in [-0.25, -0.2) is 0 Å². The fraction of sp³-hybridized carbons (Fsp3) is 1.00. The number of hydrogen-bond acceptors (Lipinski definition) is 4. The summed E-state index contributed by atoms with van der Waals surface area (Å²) in [6.07, 6.45) is 1.86. The second kappa shape index (κ2) is 6.50. The summed E-state index contributed by atoms with van der Waals surface area (Å²) in [7, 11) is 2.49. The molecule has 0 fully saturated rings. The zero-order valence-corrected chi connectivity index (χ0v) is 10.0. The van der Waals surface area contributed by atoms with E-state index in [1.165, 1.54) is 0 Å². The number of rotatable bonds is 7. The lowest BCUT2D eigenvalue weighted by atomic mass is 10.2. The zero-order valence-electron chi connectivity index (χ0n) is 9.00. The van der Waals surface area contributed by atoms with Crippen LogP contribution in [-0.2, 0) is 13.3 Å². The van der Waals surface area contributed by atoms with Gasteiger partial charge in [0.25, 0.3) is 0 Å². The SMILES string of the molecule is CCC(N)CC[Si](OC)(OC)OC. The highest BCUT2D eigenvalue weighted by molar-refractivity contribution is 6.60. The Kier molecular flexibility index (Phi) is 6.53. The normalized spacial score (nSPS) is 14.5. The van der Waals surface area contributed by atoms with Gasteiger partial charge < -0.3 is 19.0 Å². The van der Waals surface area contributed by atoms with Gasteiger partial charge >= 0.3 is 8.80 Å². The minimum Gasteiger partial charge on any atom is -0.377 e. The monoisotopic (exact) mass is 207 g/mol. The summed E-state index contributed by atoms with van der Waals surface area (Å²) < 4.78 is 15.8. The van der Waals surface area contributed by atoms with Gasteiger partial charge in [-0.05, 0) is 12.8 Å². The van der Waals surface area contributed by atoms with Crippen LogP contribution in [0.4, 0.5) is 0 Å². The van der Waals surface area contributed by atoms with Gasteiger partial charge in [0.15, 0.2) is 0 Å². The molecule has 80 valence electrons. The molecule has 0 aromatic carbocycles. The van der Waals surface area contributed by atoms with Crippen molar-refractivity contribution in [1.82, 2.24) is 0 Å². The fourth-order valence-corrected chi connectivity index (χ4v) is 2.96. The van der Waals surface area contributed by atoms with Crippen LogP contribution in [0, 0.1) is 0 Å². The first-order valence-corrected chi connectivity index (χ1v) is 6.48. The number of nitrogens with two attached hydrogens (primary N) is 1. The molecule has 13 heavy (non-hydrogen) atoms. The Bertz CT molecular complexity index is 122. The van der Waals surface area contributed by atoms with Gasteiger partial charge in [-0.2, -0.15) is 0 Å². The van der Waals surface area contributed by atoms with Crippen molar-refractivity contribution in [3.63, 3.8) is 0 Å². The topological polar surface area (TPSA) is 53.7 Å². The van der Waals surface area contributed by atoms with Crippen LogP contribution < -0.4 is 5.73 Å². The van der Waals surface area contributed by atoms with Crippen molar-refractivity contribution in [1.29, 1.82) is 0 Å². The van der Waals surface area contributed by atoms with E-state index in [-0.39, 0.29) is 6.04 Å². The molecule has 0 aliphatic heterocycles. The minimum atomic E-state index is -2.38. The van der Waals surface area contributed by atoms with Crippen molar-refractivity contribution in [3.05, 3.63) is 0 Å². The van der Waals surface area contributed by atoms with Crippen LogP contribution >= 0.6 is 0 Å². The first kappa shape index (κ1) is 13.1. The predicted molar refractivity (Wildman–Crippen MR) is 54.5 cm³/mol. The van der Waals surface area contributed by atoms with Gasteiger partial charge in [-0.3, -0.25) is 0 Å². The van der Waals surface area contributed by atoms with E-state index in [9.17, 15) is 0 Å². The van der Waals surface area contributed by atoms with Crippen molar-refractivity contribution in [2.75, 3.05) is 21.3 Å². The van der Waals surface area contributed by atoms with E-state index in [0.29, 0.717) is 0 Å². The van der Waals surface area contributed by atoms with Crippen LogP contribution in [0.1, 0.15) is 19.8 Å². The summed E-state index contributed by atoms with van der Waals surface area (Å²) >= 11 is 0. The second-order valence-corrected chi connectivity index (χ2v) is 6.09. The van der Waals surface area contributed by atoms with E-state index >= 15 is 0 Å². The molecule has 0 spiro atoms. The first-order valence-electron chi connectivity index (χ1n) is 4.55. The quantitative estimate of drug-likeness (QED) is 0.633. The van der Waals surface area contributed by atoms with Crippen LogP contribution in [0.25, 0.3) is 0 Å². The van der Waals surface area contributed by atoms with Crippen LogP contribution in [0.2, 0.25) is 6.04 Å². The Balaban J connectivity index is 3.95. The maximum Gasteiger partial charge on any atom is 0.500 e. The Morgan fingerprint density at radius 3 is 1.92 bits per heavy atom. The third-order valence-corrected chi connectivity index (χ3v) is 5.05. The molecule has 5 heteroatoms. The molecule has 0 aromatic heterocycles. The molecule has 0 aliphatic carbocycles. The molecule has 0 saturated heterocycles. The molecule has 0 aromatic rings. The molecular formula is C8H21NO3Si. The highest BCUT2D eigenvalue weighted by Crippen LogP contribution is 2.16. The molecule has 0 amide bonds. The largest absolute Gasteiger partial charge is 0.500 e. The lowest BCUT2D eigenvalue weighted by molar-refractivity contribution is 0.122. The van der Waals surface area contributed by atoms with Gasteiger partial charge in [0.1, 0.15) is 0 Å². The van der Waals surface area contributed by atoms with Crippen molar-refractivity contribution < 1.29 is 13.3 Å². The zero-order chi connectivity index (χ0) is 10.3. The summed E-state index contributed by atoms with van der Waals surface area (Å²) in [5.74, 6) is 0. The summed E-state index contributed by atoms with van der Waals surface area (Å²) in [5, 5.41) is 0. The molecule has 1 unspecified atom stereocenters. The molecule has 2 N–H and O–H groups in total. The number of hydrogen-bond donors (Lipinski definition) is 1. The van der Waals surface area contributed by atoms with E-state index in [2.05, 4.69) is 6.92 Å². The van der Waals surface area contributed by atoms with Crippen LogP contribution in [0.15, 0.2) is 0 Å². The highest BCUT2D eigenvalue weighted by atomic mass is 28.4. The van der Waals surface area contributed by atoms with Gasteiger partial charge in [0.05, 0.1) is 0 Å². The summed E-state index contributed by atoms with van der Waals surface area (Å²) in [6.45, 7) is 2.07. The third kappa shape index (κ3) is 4.19. The summed E-state index contributed by atoms with van der Waals surface area (Å²) in [6, 6.07) is 0.998. The molecule has 0 aliphatic rings. The van der Waals surface area contributed by atoms with Gasteiger partial charge in [-0.15, -0.1) is 0 Å². The fourth-order valence-electron chi connectivity index (χ4n) is 1.12. The summed E-state index contributed by atoms with van der Waals surface area (Å²) in [4.78, 5) is 0. The summed E-state index contributed by atoms with van der Waals surface area (Å²) in [5.41, 5.74) is 5.80. The van der Waals surface area contributed by atoms with Crippen molar-refractivity contribution >= 4 is 8.80 Å². The molecule has 0 radical (unpaired) electrons. The van der Waals surface area contributed by atoms with E-state index in [1.54, 1.807) is 21.3 Å². The van der Waals surface area contributed by atoms with Crippen LogP contribution in [0.3, 0.4) is 0 Å². The van der Waals surface area contributed by atoms with Gasteiger partial charge in [0.2, 0.25) is 0 Å². The lowest BCUT2D eigenvalue weighted by Gasteiger charge is -2.25. The average molecular weight is 207 g/mol. The molecule has 0 rings (SSSR count). The third-order valence-electron chi connectivity index (χ3n) is 2.28. The minimum absolute atomic E-state index is 0.215. The van der Waals surface area contributed by atoms with Gasteiger partial charge in [-0.1, -0.05) is 6.92 Å². The molecule has 1 atom stereocenters. The Morgan fingerprint density at radius 1 is 1.15 bits per heavy atom. The molecular weight excluding hydrogens is 186 g/mol. The smallest absolute Gasteiger partial charge is 0.377 e. The molecule has 0 bridgehead atoms. The van der Waals surface area contributed by atoms with Crippen molar-refractivity contribution in [2.24, 2.45) is 5.73 Å². The van der Waals surface area contributed by atoms with E-state index in [4.69, 9.17) is 19.0 Å². The molecule has 0 heterocycles. The predicted octanol–water partition coefficient (Wildman–Crippen LogP) is 0.992. The van der Waals surface area contributed by atoms with Crippen molar-refractivity contribution in [2.45, 2.75) is 31.9 Å². The van der Waals surface area contributed by atoms with Crippen LogP contribution in [0.5, 0.6) is 0 Å². The maximum atomic E-state index is 5.80. The average Bonchev–Trinajstić information content (AvgIpc) is 2.20. The Morgan fingerprint density at radius 2 is 1.62 bits per heavy atom. The molecule has 0 saturated carbocycles. The lowest BCUT2D eigenvalue weighted by Crippen LogP contribution is -2.43. The van der Waals surface area contributed by atoms with E-state index in [1.807, 2.05) is 0 Å². The van der Waals surface area contributed by atoms with E-state index in [0.717, 1.165) is 18.9 Å². The highest BCUT2D eigenvalue weighted by Gasteiger charge is 2.37.